The van der Waals surface area contributed by atoms with Gasteiger partial charge in [-0.05, 0) is 24.5 Å². The Morgan fingerprint density at radius 3 is 2.68 bits per heavy atom. The Bertz CT molecular complexity index is 860. The third kappa shape index (κ3) is 5.97. The van der Waals surface area contributed by atoms with Crippen LogP contribution in [0.3, 0.4) is 0 Å². The van der Waals surface area contributed by atoms with Gasteiger partial charge in [0.15, 0.2) is 0 Å². The summed E-state index contributed by atoms with van der Waals surface area (Å²) in [6.07, 6.45) is 0.497. The number of nitrogens with one attached hydrogen (secondary N) is 1. The molecule has 1 heterocycles. The number of aryl methyl sites for hydroxylation is 1. The predicted molar refractivity (Wildman–Crippen MR) is 118 cm³/mol. The molecular weight excluding hydrogens is 396 g/mol. The van der Waals surface area contributed by atoms with E-state index in [0.29, 0.717) is 43.9 Å². The first-order valence-electron chi connectivity index (χ1n) is 10.6. The standard InChI is InChI=1S/C24H32N2O5/c1-30-20-10-9-19(21(14-20)31-2)15-25-16-24(29)17-26(13-12-22(24)27)23(28)11-8-18-6-4-3-5-7-18/h3-7,9-10,14,22,25,27,29H,8,11-13,15-17H2,1-2H3/t22-,24+/m0/s1. The fraction of sp³-hybridized carbons (Fsp3) is 0.458. The lowest BCUT2D eigenvalue weighted by Gasteiger charge is -2.43. The molecule has 168 valence electrons. The number of carbonyl (C=O) groups is 1. The smallest absolute Gasteiger partial charge is 0.223 e. The van der Waals surface area contributed by atoms with Gasteiger partial charge >= 0.3 is 0 Å². The summed E-state index contributed by atoms with van der Waals surface area (Å²) >= 11 is 0. The molecule has 0 unspecified atom stereocenters. The Kier molecular flexibility index (Phi) is 7.90. The Balaban J connectivity index is 1.55. The second kappa shape index (κ2) is 10.6. The number of hydrogen-bond donors (Lipinski definition) is 3. The lowest BCUT2D eigenvalue weighted by atomic mass is 9.89. The van der Waals surface area contributed by atoms with Crippen molar-refractivity contribution in [3.05, 3.63) is 59.7 Å². The lowest BCUT2D eigenvalue weighted by molar-refractivity contribution is -0.151. The quantitative estimate of drug-likeness (QED) is 0.564. The summed E-state index contributed by atoms with van der Waals surface area (Å²) in [5.41, 5.74) is 0.617. The van der Waals surface area contributed by atoms with Crippen LogP contribution in [0.2, 0.25) is 0 Å². The first-order chi connectivity index (χ1) is 14.9. The largest absolute Gasteiger partial charge is 0.497 e. The molecule has 0 radical (unpaired) electrons. The van der Waals surface area contributed by atoms with E-state index in [1.165, 1.54) is 0 Å². The number of ether oxygens (including phenoxy) is 2. The minimum atomic E-state index is -1.40. The van der Waals surface area contributed by atoms with Crippen molar-refractivity contribution in [3.8, 4) is 11.5 Å². The Morgan fingerprint density at radius 1 is 1.19 bits per heavy atom. The van der Waals surface area contributed by atoms with E-state index < -0.39 is 11.7 Å². The van der Waals surface area contributed by atoms with Crippen LogP contribution >= 0.6 is 0 Å². The van der Waals surface area contributed by atoms with Gasteiger partial charge in [0.2, 0.25) is 5.91 Å². The van der Waals surface area contributed by atoms with Crippen LogP contribution in [-0.2, 0) is 17.8 Å². The molecule has 0 bridgehead atoms. The number of aliphatic hydroxyl groups is 2. The highest BCUT2D eigenvalue weighted by Gasteiger charge is 2.42. The summed E-state index contributed by atoms with van der Waals surface area (Å²) in [6.45, 7) is 1.16. The summed E-state index contributed by atoms with van der Waals surface area (Å²) in [7, 11) is 3.19. The topological polar surface area (TPSA) is 91.3 Å². The highest BCUT2D eigenvalue weighted by molar-refractivity contribution is 5.76. The number of rotatable bonds is 9. The Morgan fingerprint density at radius 2 is 1.97 bits per heavy atom. The molecule has 3 rings (SSSR count). The molecule has 7 heteroatoms. The molecule has 2 aromatic carbocycles. The molecule has 1 aliphatic heterocycles. The number of piperidine rings is 1. The van der Waals surface area contributed by atoms with Crippen molar-refractivity contribution >= 4 is 5.91 Å². The van der Waals surface area contributed by atoms with Crippen LogP contribution in [0.1, 0.15) is 24.0 Å². The summed E-state index contributed by atoms with van der Waals surface area (Å²) in [5.74, 6) is 1.37. The summed E-state index contributed by atoms with van der Waals surface area (Å²) in [6, 6.07) is 15.4. The summed E-state index contributed by atoms with van der Waals surface area (Å²) in [5, 5.41) is 24.7. The highest BCUT2D eigenvalue weighted by atomic mass is 16.5. The average molecular weight is 429 g/mol. The number of amides is 1. The van der Waals surface area contributed by atoms with Crippen molar-refractivity contribution in [2.24, 2.45) is 0 Å². The number of likely N-dealkylation sites (tertiary alicyclic amines) is 1. The highest BCUT2D eigenvalue weighted by Crippen LogP contribution is 2.26. The second-order valence-electron chi connectivity index (χ2n) is 7.99. The number of nitrogens with zero attached hydrogens (tertiary/aromatic N) is 1. The van der Waals surface area contributed by atoms with Crippen molar-refractivity contribution in [1.82, 2.24) is 10.2 Å². The van der Waals surface area contributed by atoms with E-state index in [0.717, 1.165) is 11.1 Å². The Labute approximate surface area is 183 Å². The van der Waals surface area contributed by atoms with Crippen LogP contribution in [0.4, 0.5) is 0 Å². The minimum Gasteiger partial charge on any atom is -0.497 e. The second-order valence-corrected chi connectivity index (χ2v) is 7.99. The van der Waals surface area contributed by atoms with Gasteiger partial charge in [-0.1, -0.05) is 36.4 Å². The molecule has 1 fully saturated rings. The molecule has 1 aliphatic rings. The van der Waals surface area contributed by atoms with E-state index in [4.69, 9.17) is 9.47 Å². The minimum absolute atomic E-state index is 0.00833. The zero-order valence-electron chi connectivity index (χ0n) is 18.2. The fourth-order valence-electron chi connectivity index (χ4n) is 3.91. The average Bonchev–Trinajstić information content (AvgIpc) is 2.80. The molecule has 0 aliphatic carbocycles. The van der Waals surface area contributed by atoms with Gasteiger partial charge in [0.05, 0.1) is 26.9 Å². The van der Waals surface area contributed by atoms with Gasteiger partial charge in [-0.3, -0.25) is 4.79 Å². The maximum atomic E-state index is 12.7. The molecule has 2 aromatic rings. The van der Waals surface area contributed by atoms with Gasteiger partial charge in [-0.15, -0.1) is 0 Å². The van der Waals surface area contributed by atoms with Crippen LogP contribution < -0.4 is 14.8 Å². The van der Waals surface area contributed by atoms with Gasteiger partial charge in [-0.25, -0.2) is 0 Å². The number of aliphatic hydroxyl groups excluding tert-OH is 1. The van der Waals surface area contributed by atoms with Crippen LogP contribution in [0.5, 0.6) is 11.5 Å². The van der Waals surface area contributed by atoms with E-state index in [9.17, 15) is 15.0 Å². The van der Waals surface area contributed by atoms with E-state index >= 15 is 0 Å². The monoisotopic (exact) mass is 428 g/mol. The number of carbonyl (C=O) groups excluding carboxylic acids is 1. The van der Waals surface area contributed by atoms with Crippen molar-refractivity contribution in [2.45, 2.75) is 37.5 Å². The van der Waals surface area contributed by atoms with Crippen molar-refractivity contribution in [1.29, 1.82) is 0 Å². The molecule has 0 spiro atoms. The third-order valence-electron chi connectivity index (χ3n) is 5.82. The predicted octanol–water partition coefficient (Wildman–Crippen LogP) is 1.75. The molecule has 1 amide bonds. The zero-order valence-corrected chi connectivity index (χ0v) is 18.2. The van der Waals surface area contributed by atoms with Gasteiger partial charge in [0.25, 0.3) is 0 Å². The van der Waals surface area contributed by atoms with Crippen molar-refractivity contribution in [3.63, 3.8) is 0 Å². The first-order valence-corrected chi connectivity index (χ1v) is 10.6. The van der Waals surface area contributed by atoms with Gasteiger partial charge in [0.1, 0.15) is 17.1 Å². The molecule has 0 aromatic heterocycles. The molecule has 31 heavy (non-hydrogen) atoms. The first kappa shape index (κ1) is 23.1. The summed E-state index contributed by atoms with van der Waals surface area (Å²) in [4.78, 5) is 14.3. The SMILES string of the molecule is COc1ccc(CNC[C@@]2(O)CN(C(=O)CCc3ccccc3)CC[C@@H]2O)c(OC)c1. The van der Waals surface area contributed by atoms with Crippen LogP contribution in [-0.4, -0.2) is 66.6 Å². The number of hydrogen-bond acceptors (Lipinski definition) is 6. The van der Waals surface area contributed by atoms with E-state index in [-0.39, 0.29) is 19.0 Å². The number of benzene rings is 2. The maximum absolute atomic E-state index is 12.7. The molecule has 0 saturated carbocycles. The Hall–Kier alpha value is -2.61. The van der Waals surface area contributed by atoms with Gasteiger partial charge in [0, 0.05) is 37.7 Å². The van der Waals surface area contributed by atoms with E-state index in [1.54, 1.807) is 25.2 Å². The molecule has 7 nitrogen and oxygen atoms in total. The lowest BCUT2D eigenvalue weighted by Crippen LogP contribution is -2.62. The number of β-amino-alcohol motifs (C(OH)–C–C–N with tert-alkyl or cyclic N) is 1. The third-order valence-corrected chi connectivity index (χ3v) is 5.82. The van der Waals surface area contributed by atoms with E-state index in [2.05, 4.69) is 5.32 Å². The van der Waals surface area contributed by atoms with E-state index in [1.807, 2.05) is 42.5 Å². The maximum Gasteiger partial charge on any atom is 0.223 e. The summed E-state index contributed by atoms with van der Waals surface area (Å²) < 4.78 is 10.6. The number of methoxy groups -OCH3 is 2. The van der Waals surface area contributed by atoms with Gasteiger partial charge < -0.3 is 29.9 Å². The van der Waals surface area contributed by atoms with Crippen molar-refractivity contribution < 1.29 is 24.5 Å². The van der Waals surface area contributed by atoms with Crippen molar-refractivity contribution in [2.75, 3.05) is 33.9 Å². The molecule has 2 atom stereocenters. The molecule has 3 N–H and O–H groups in total. The van der Waals surface area contributed by atoms with Gasteiger partial charge in [-0.2, -0.15) is 0 Å². The van der Waals surface area contributed by atoms with Crippen LogP contribution in [0, 0.1) is 0 Å². The van der Waals surface area contributed by atoms with Crippen LogP contribution in [0.15, 0.2) is 48.5 Å². The fourth-order valence-corrected chi connectivity index (χ4v) is 3.91. The molecular formula is C24H32N2O5. The van der Waals surface area contributed by atoms with Crippen LogP contribution in [0.25, 0.3) is 0 Å². The zero-order chi connectivity index (χ0) is 22.3. The normalized spacial score (nSPS) is 21.0. The molecule has 1 saturated heterocycles.